The van der Waals surface area contributed by atoms with Gasteiger partial charge in [-0.3, -0.25) is 4.79 Å². The standard InChI is InChI=1S/C20H22N2O3/c1-22-14-17(25-20(22)24)12-13-21-19(23)18(15-8-4-2-5-9-15)16-10-6-3-7-11-16/h2-11,17-18H,12-14H2,1H3,(H,21,23). The minimum Gasteiger partial charge on any atom is -0.444 e. The monoisotopic (exact) mass is 338 g/mol. The molecule has 0 aliphatic carbocycles. The van der Waals surface area contributed by atoms with Crippen molar-refractivity contribution in [3.8, 4) is 0 Å². The van der Waals surface area contributed by atoms with Crippen LogP contribution in [-0.2, 0) is 9.53 Å². The number of amides is 2. The third-order valence-electron chi connectivity index (χ3n) is 4.35. The van der Waals surface area contributed by atoms with Gasteiger partial charge in [0.05, 0.1) is 12.5 Å². The third kappa shape index (κ3) is 4.18. The van der Waals surface area contributed by atoms with Crippen LogP contribution in [0.5, 0.6) is 0 Å². The van der Waals surface area contributed by atoms with Gasteiger partial charge in [-0.15, -0.1) is 0 Å². The Kier molecular flexibility index (Phi) is 5.33. The summed E-state index contributed by atoms with van der Waals surface area (Å²) in [5.74, 6) is -0.397. The first-order chi connectivity index (χ1) is 12.1. The van der Waals surface area contributed by atoms with Crippen molar-refractivity contribution < 1.29 is 14.3 Å². The maximum atomic E-state index is 12.8. The Bertz CT molecular complexity index is 679. The molecular weight excluding hydrogens is 316 g/mol. The second-order valence-electron chi connectivity index (χ2n) is 6.22. The predicted molar refractivity (Wildman–Crippen MR) is 95.3 cm³/mol. The van der Waals surface area contributed by atoms with Gasteiger partial charge in [0.1, 0.15) is 6.10 Å². The first-order valence-corrected chi connectivity index (χ1v) is 8.44. The molecule has 1 aliphatic rings. The van der Waals surface area contributed by atoms with E-state index in [1.165, 1.54) is 0 Å². The molecule has 2 aromatic carbocycles. The van der Waals surface area contributed by atoms with Gasteiger partial charge in [0.15, 0.2) is 0 Å². The molecule has 0 bridgehead atoms. The highest BCUT2D eigenvalue weighted by atomic mass is 16.6. The molecule has 1 atom stereocenters. The molecule has 1 aliphatic heterocycles. The van der Waals surface area contributed by atoms with Crippen LogP contribution in [0, 0.1) is 0 Å². The van der Waals surface area contributed by atoms with Crippen molar-refractivity contribution in [1.82, 2.24) is 10.2 Å². The summed E-state index contributed by atoms with van der Waals surface area (Å²) in [4.78, 5) is 25.7. The van der Waals surface area contributed by atoms with E-state index in [1.807, 2.05) is 60.7 Å². The van der Waals surface area contributed by atoms with Crippen LogP contribution in [0.3, 0.4) is 0 Å². The van der Waals surface area contributed by atoms with E-state index >= 15 is 0 Å². The van der Waals surface area contributed by atoms with E-state index in [1.54, 1.807) is 11.9 Å². The van der Waals surface area contributed by atoms with Crippen LogP contribution < -0.4 is 5.32 Å². The van der Waals surface area contributed by atoms with Crippen LogP contribution in [-0.4, -0.2) is 43.1 Å². The van der Waals surface area contributed by atoms with E-state index in [0.717, 1.165) is 11.1 Å². The summed E-state index contributed by atoms with van der Waals surface area (Å²) < 4.78 is 5.22. The maximum absolute atomic E-state index is 12.8. The summed E-state index contributed by atoms with van der Waals surface area (Å²) in [5, 5.41) is 2.99. The fourth-order valence-electron chi connectivity index (χ4n) is 3.04. The zero-order chi connectivity index (χ0) is 17.6. The third-order valence-corrected chi connectivity index (χ3v) is 4.35. The van der Waals surface area contributed by atoms with Gasteiger partial charge in [0, 0.05) is 20.0 Å². The number of rotatable bonds is 6. The molecule has 1 unspecified atom stereocenters. The number of nitrogens with zero attached hydrogens (tertiary/aromatic N) is 1. The fourth-order valence-corrected chi connectivity index (χ4v) is 3.04. The summed E-state index contributed by atoms with van der Waals surface area (Å²) in [6.07, 6.45) is 0.144. The Labute approximate surface area is 147 Å². The lowest BCUT2D eigenvalue weighted by Gasteiger charge is -2.18. The lowest BCUT2D eigenvalue weighted by molar-refractivity contribution is -0.121. The highest BCUT2D eigenvalue weighted by Crippen LogP contribution is 2.24. The number of carbonyl (C=O) groups excluding carboxylic acids is 2. The van der Waals surface area contributed by atoms with Crippen molar-refractivity contribution in [3.63, 3.8) is 0 Å². The molecule has 130 valence electrons. The van der Waals surface area contributed by atoms with Gasteiger partial charge >= 0.3 is 6.09 Å². The van der Waals surface area contributed by atoms with E-state index < -0.39 is 0 Å². The van der Waals surface area contributed by atoms with Crippen LogP contribution in [0.1, 0.15) is 23.5 Å². The first kappa shape index (κ1) is 17.0. The van der Waals surface area contributed by atoms with E-state index in [-0.39, 0.29) is 24.0 Å². The predicted octanol–water partition coefficient (Wildman–Crippen LogP) is 2.78. The number of carbonyl (C=O) groups is 2. The fraction of sp³-hybridized carbons (Fsp3) is 0.300. The second-order valence-corrected chi connectivity index (χ2v) is 6.22. The molecule has 25 heavy (non-hydrogen) atoms. The largest absolute Gasteiger partial charge is 0.444 e. The smallest absolute Gasteiger partial charge is 0.409 e. The second kappa shape index (κ2) is 7.83. The van der Waals surface area contributed by atoms with E-state index in [9.17, 15) is 9.59 Å². The zero-order valence-electron chi connectivity index (χ0n) is 14.2. The van der Waals surface area contributed by atoms with Gasteiger partial charge in [-0.25, -0.2) is 4.79 Å². The van der Waals surface area contributed by atoms with Crippen LogP contribution in [0.15, 0.2) is 60.7 Å². The van der Waals surface area contributed by atoms with Gasteiger partial charge in [0.2, 0.25) is 5.91 Å². The van der Waals surface area contributed by atoms with E-state index in [0.29, 0.717) is 19.5 Å². The summed E-state index contributed by atoms with van der Waals surface area (Å²) in [7, 11) is 1.71. The molecule has 1 heterocycles. The minimum atomic E-state index is -0.351. The van der Waals surface area contributed by atoms with Crippen molar-refractivity contribution in [2.75, 3.05) is 20.1 Å². The molecule has 0 saturated carbocycles. The summed E-state index contributed by atoms with van der Waals surface area (Å²) in [6, 6.07) is 19.5. The van der Waals surface area contributed by atoms with Crippen molar-refractivity contribution >= 4 is 12.0 Å². The Hall–Kier alpha value is -2.82. The quantitative estimate of drug-likeness (QED) is 0.881. The number of hydrogen-bond donors (Lipinski definition) is 1. The number of hydrogen-bond acceptors (Lipinski definition) is 3. The normalized spacial score (nSPS) is 16.8. The van der Waals surface area contributed by atoms with Crippen LogP contribution in [0.2, 0.25) is 0 Å². The Balaban J connectivity index is 1.65. The molecule has 0 spiro atoms. The average molecular weight is 338 g/mol. The average Bonchev–Trinajstić information content (AvgIpc) is 2.95. The molecule has 5 nitrogen and oxygen atoms in total. The number of nitrogens with one attached hydrogen (secondary N) is 1. The highest BCUT2D eigenvalue weighted by Gasteiger charge is 2.28. The Morgan fingerprint density at radius 1 is 1.12 bits per heavy atom. The SMILES string of the molecule is CN1CC(CCNC(=O)C(c2ccccc2)c2ccccc2)OC1=O. The molecule has 3 rings (SSSR count). The molecule has 1 saturated heterocycles. The van der Waals surface area contributed by atoms with Crippen LogP contribution in [0.25, 0.3) is 0 Å². The zero-order valence-corrected chi connectivity index (χ0v) is 14.2. The summed E-state index contributed by atoms with van der Waals surface area (Å²) in [6.45, 7) is 1.04. The van der Waals surface area contributed by atoms with Crippen molar-refractivity contribution in [2.24, 2.45) is 0 Å². The molecule has 5 heteroatoms. The van der Waals surface area contributed by atoms with E-state index in [4.69, 9.17) is 4.74 Å². The van der Waals surface area contributed by atoms with Crippen LogP contribution in [0.4, 0.5) is 4.79 Å². The highest BCUT2D eigenvalue weighted by molar-refractivity contribution is 5.87. The molecule has 1 fully saturated rings. The molecular formula is C20H22N2O3. The number of likely N-dealkylation sites (N-methyl/N-ethyl adjacent to an activating group) is 1. The van der Waals surface area contributed by atoms with Gasteiger partial charge in [-0.05, 0) is 11.1 Å². The van der Waals surface area contributed by atoms with Crippen LogP contribution >= 0.6 is 0 Å². The number of cyclic esters (lactones) is 1. The number of benzene rings is 2. The lowest BCUT2D eigenvalue weighted by Crippen LogP contribution is -2.33. The van der Waals surface area contributed by atoms with Crippen molar-refractivity contribution in [1.29, 1.82) is 0 Å². The first-order valence-electron chi connectivity index (χ1n) is 8.44. The topological polar surface area (TPSA) is 58.6 Å². The van der Waals surface area contributed by atoms with Crippen molar-refractivity contribution in [3.05, 3.63) is 71.8 Å². The molecule has 2 amide bonds. The molecule has 0 aromatic heterocycles. The van der Waals surface area contributed by atoms with Gasteiger partial charge in [0.25, 0.3) is 0 Å². The van der Waals surface area contributed by atoms with Gasteiger partial charge in [-0.1, -0.05) is 60.7 Å². The van der Waals surface area contributed by atoms with Crippen molar-refractivity contribution in [2.45, 2.75) is 18.4 Å². The number of ether oxygens (including phenoxy) is 1. The lowest BCUT2D eigenvalue weighted by atomic mass is 9.90. The van der Waals surface area contributed by atoms with Gasteiger partial charge < -0.3 is 15.0 Å². The van der Waals surface area contributed by atoms with E-state index in [2.05, 4.69) is 5.32 Å². The molecule has 2 aromatic rings. The maximum Gasteiger partial charge on any atom is 0.409 e. The Morgan fingerprint density at radius 3 is 2.16 bits per heavy atom. The molecule has 1 N–H and O–H groups in total. The van der Waals surface area contributed by atoms with Gasteiger partial charge in [-0.2, -0.15) is 0 Å². The summed E-state index contributed by atoms with van der Waals surface area (Å²) >= 11 is 0. The summed E-state index contributed by atoms with van der Waals surface area (Å²) in [5.41, 5.74) is 1.91. The minimum absolute atomic E-state index is 0.0462. The molecule has 0 radical (unpaired) electrons. The Morgan fingerprint density at radius 2 is 1.68 bits per heavy atom.